The van der Waals surface area contributed by atoms with E-state index in [0.29, 0.717) is 23.2 Å². The summed E-state index contributed by atoms with van der Waals surface area (Å²) in [6.07, 6.45) is 0. The third kappa shape index (κ3) is 0.159. The quantitative estimate of drug-likeness (QED) is 0.520. The summed E-state index contributed by atoms with van der Waals surface area (Å²) in [5, 5.41) is 11.0. The third-order valence-corrected chi connectivity index (χ3v) is 6.48. The molecule has 0 aromatic heterocycles. The number of hydrogen-bond donors (Lipinski definition) is 0. The van der Waals surface area contributed by atoms with Crippen molar-refractivity contribution in [2.45, 2.75) is 6.92 Å². The van der Waals surface area contributed by atoms with Crippen LogP contribution in [0.25, 0.3) is 0 Å². The molecule has 0 bridgehead atoms. The molecule has 0 atom stereocenters. The van der Waals surface area contributed by atoms with Crippen molar-refractivity contribution in [3.8, 4) is 0 Å². The maximum Gasteiger partial charge on any atom is 0.0485 e. The van der Waals surface area contributed by atoms with Crippen molar-refractivity contribution >= 4 is 5.97 Å². The van der Waals surface area contributed by atoms with Gasteiger partial charge in [0.1, 0.15) is 0 Å². The maximum atomic E-state index is 11.0. The Morgan fingerprint density at radius 3 is 1.83 bits per heavy atom. The molecule has 0 aromatic rings. The molecule has 0 N–H and O–H groups in total. The van der Waals surface area contributed by atoms with E-state index in [1.54, 1.807) is 0 Å². The lowest BCUT2D eigenvalue weighted by atomic mass is 8.92. The molecule has 0 aliphatic heterocycles. The molecule has 0 radical (unpaired) electrons. The minimum atomic E-state index is -0.715. The molecule has 0 amide bonds. The van der Waals surface area contributed by atoms with Crippen LogP contribution in [0.2, 0.25) is 0 Å². The molecule has 2 heteroatoms. The zero-order valence-electron chi connectivity index (χ0n) is 6.78. The van der Waals surface area contributed by atoms with Gasteiger partial charge in [0.2, 0.25) is 0 Å². The van der Waals surface area contributed by atoms with Gasteiger partial charge < -0.3 is 9.90 Å². The normalized spacial score (nSPS) is 88.1. The summed E-state index contributed by atoms with van der Waals surface area (Å²) in [5.41, 5.74) is 0.384. The van der Waals surface area contributed by atoms with E-state index in [1.807, 2.05) is 0 Å². The highest BCUT2D eigenvalue weighted by Gasteiger charge is 3.08. The van der Waals surface area contributed by atoms with Gasteiger partial charge in [0, 0.05) is 11.4 Å². The van der Waals surface area contributed by atoms with Crippen LogP contribution in [0.5, 0.6) is 0 Å². The van der Waals surface area contributed by atoms with E-state index in [9.17, 15) is 9.90 Å². The zero-order valence-corrected chi connectivity index (χ0v) is 6.78. The lowest BCUT2D eigenvalue weighted by Crippen LogP contribution is -3.10. The molecule has 0 spiro atoms. The zero-order chi connectivity index (χ0) is 8.04. The average Bonchev–Trinajstić information content (AvgIpc) is 2.04. The minimum Gasteiger partial charge on any atom is -0.550 e. The highest BCUT2D eigenvalue weighted by molar-refractivity contribution is 5.85. The lowest BCUT2D eigenvalue weighted by molar-refractivity contribution is -0.647. The van der Waals surface area contributed by atoms with Crippen LogP contribution in [-0.4, -0.2) is 5.97 Å². The molecule has 0 saturated heterocycles. The van der Waals surface area contributed by atoms with Crippen LogP contribution in [0.15, 0.2) is 0 Å². The van der Waals surface area contributed by atoms with Gasteiger partial charge in [-0.2, -0.15) is 0 Å². The Kier molecular flexibility index (Phi) is 0.390. The first-order valence-corrected chi connectivity index (χ1v) is 4.89. The molecule has 62 valence electrons. The van der Waals surface area contributed by atoms with E-state index in [-0.39, 0.29) is 5.41 Å². The number of carbonyl (C=O) groups is 1. The van der Waals surface area contributed by atoms with Crippen LogP contribution in [0.1, 0.15) is 6.92 Å². The van der Waals surface area contributed by atoms with E-state index in [2.05, 4.69) is 6.92 Å². The van der Waals surface area contributed by atoms with Crippen LogP contribution in [0.4, 0.5) is 0 Å². The molecule has 6 fully saturated rings. The number of aliphatic carboxylic acids is 1. The average molecular weight is 161 g/mol. The van der Waals surface area contributed by atoms with Gasteiger partial charge in [0.05, 0.1) is 0 Å². The van der Waals surface area contributed by atoms with Gasteiger partial charge in [-0.1, -0.05) is 6.92 Å². The summed E-state index contributed by atoms with van der Waals surface area (Å²) in [6.45, 7) is 2.37. The van der Waals surface area contributed by atoms with Crippen LogP contribution < -0.4 is 5.11 Å². The van der Waals surface area contributed by atoms with Crippen molar-refractivity contribution < 1.29 is 9.90 Å². The molecule has 6 aliphatic rings. The molecule has 0 aromatic carbocycles. The SMILES string of the molecule is CC12C3C4C1C1C2C3C41C(=O)[O-]. The number of rotatable bonds is 1. The fourth-order valence-corrected chi connectivity index (χ4v) is 6.47. The topological polar surface area (TPSA) is 40.1 Å². The smallest absolute Gasteiger partial charge is 0.0485 e. The number of carboxylic acid groups (broad SMARTS) is 1. The summed E-state index contributed by atoms with van der Waals surface area (Å²) in [6, 6.07) is 0. The van der Waals surface area contributed by atoms with E-state index < -0.39 is 5.97 Å². The van der Waals surface area contributed by atoms with E-state index in [4.69, 9.17) is 0 Å². The maximum absolute atomic E-state index is 11.0. The Hall–Kier alpha value is -0.530. The molecule has 6 rings (SSSR count). The molecule has 6 aliphatic carbocycles. The fourth-order valence-electron chi connectivity index (χ4n) is 6.47. The second-order valence-electron chi connectivity index (χ2n) is 5.74. The predicted octanol–water partition coefficient (Wildman–Crippen LogP) is -0.506. The van der Waals surface area contributed by atoms with E-state index in [1.165, 1.54) is 0 Å². The van der Waals surface area contributed by atoms with Crippen molar-refractivity contribution in [1.82, 2.24) is 0 Å². The predicted molar refractivity (Wildman–Crippen MR) is 36.5 cm³/mol. The summed E-state index contributed by atoms with van der Waals surface area (Å²) >= 11 is 0. The number of carboxylic acids is 1. The van der Waals surface area contributed by atoms with Gasteiger partial charge >= 0.3 is 0 Å². The monoisotopic (exact) mass is 161 g/mol. The van der Waals surface area contributed by atoms with Gasteiger partial charge in [-0.15, -0.1) is 0 Å². The Morgan fingerprint density at radius 2 is 1.50 bits per heavy atom. The molecule has 0 heterocycles. The number of carbonyl (C=O) groups excluding carboxylic acids is 1. The van der Waals surface area contributed by atoms with Crippen molar-refractivity contribution in [3.63, 3.8) is 0 Å². The van der Waals surface area contributed by atoms with E-state index in [0.717, 1.165) is 17.8 Å². The summed E-state index contributed by atoms with van der Waals surface area (Å²) in [5.74, 6) is 3.46. The molecule has 12 heavy (non-hydrogen) atoms. The second kappa shape index (κ2) is 0.891. The van der Waals surface area contributed by atoms with Gasteiger partial charge in [-0.3, -0.25) is 0 Å². The van der Waals surface area contributed by atoms with Crippen molar-refractivity contribution in [1.29, 1.82) is 0 Å². The Morgan fingerprint density at radius 1 is 1.08 bits per heavy atom. The summed E-state index contributed by atoms with van der Waals surface area (Å²) < 4.78 is 0. The van der Waals surface area contributed by atoms with Crippen molar-refractivity contribution in [2.75, 3.05) is 0 Å². The van der Waals surface area contributed by atoms with Crippen LogP contribution in [0.3, 0.4) is 0 Å². The Bertz CT molecular complexity index is 316. The fraction of sp³-hybridized carbons (Fsp3) is 0.900. The largest absolute Gasteiger partial charge is 0.550 e. The van der Waals surface area contributed by atoms with Gasteiger partial charge in [-0.25, -0.2) is 0 Å². The second-order valence-corrected chi connectivity index (χ2v) is 5.74. The standard InChI is InChI=1S/C10H10O2/c1-9-2-5-3(9)7-4(9)6(2)10(5,7)8(11)12/h2-7H,1H3,(H,11,12)/p-1. The van der Waals surface area contributed by atoms with Crippen LogP contribution in [0, 0.1) is 46.3 Å². The first kappa shape index (κ1) is 5.25. The van der Waals surface area contributed by atoms with Gasteiger partial charge in [0.25, 0.3) is 0 Å². The first-order valence-electron chi connectivity index (χ1n) is 4.89. The molecule has 2 nitrogen and oxygen atoms in total. The third-order valence-electron chi connectivity index (χ3n) is 6.48. The molecular formula is C10H9O2-. The van der Waals surface area contributed by atoms with Gasteiger partial charge in [-0.05, 0) is 40.9 Å². The van der Waals surface area contributed by atoms with E-state index >= 15 is 0 Å². The minimum absolute atomic E-state index is 0.252. The van der Waals surface area contributed by atoms with Gasteiger partial charge in [0.15, 0.2) is 0 Å². The van der Waals surface area contributed by atoms with Crippen LogP contribution >= 0.6 is 0 Å². The lowest BCUT2D eigenvalue weighted by Gasteiger charge is -3.11. The summed E-state index contributed by atoms with van der Waals surface area (Å²) in [4.78, 5) is 11.0. The number of hydrogen-bond acceptors (Lipinski definition) is 2. The van der Waals surface area contributed by atoms with Crippen LogP contribution in [-0.2, 0) is 4.79 Å². The summed E-state index contributed by atoms with van der Waals surface area (Å²) in [7, 11) is 0. The Balaban J connectivity index is 1.75. The highest BCUT2D eigenvalue weighted by atomic mass is 16.4. The van der Waals surface area contributed by atoms with Crippen molar-refractivity contribution in [2.24, 2.45) is 46.3 Å². The molecule has 0 unspecified atom stereocenters. The molecular weight excluding hydrogens is 152 g/mol. The first-order chi connectivity index (χ1) is 5.68. The Labute approximate surface area is 70.0 Å². The van der Waals surface area contributed by atoms with Crippen molar-refractivity contribution in [3.05, 3.63) is 0 Å². The molecule has 6 saturated carbocycles. The highest BCUT2D eigenvalue weighted by Crippen LogP contribution is 3.10.